The molecule has 0 N–H and O–H groups in total. The Bertz CT molecular complexity index is 585. The maximum Gasteiger partial charge on any atom is 0.338 e. The largest absolute Gasteiger partial charge is 0.465 e. The van der Waals surface area contributed by atoms with Crippen molar-refractivity contribution in [3.05, 3.63) is 34.6 Å². The maximum absolute atomic E-state index is 14.3. The van der Waals surface area contributed by atoms with Crippen molar-refractivity contribution in [3.63, 3.8) is 0 Å². The molecule has 0 saturated heterocycles. The first-order valence-electron chi connectivity index (χ1n) is 6.52. The minimum absolute atomic E-state index is 0.282. The lowest BCUT2D eigenvalue weighted by molar-refractivity contribution is 0.0599. The van der Waals surface area contributed by atoms with Crippen LogP contribution in [0.25, 0.3) is 0 Å². The molecule has 0 heterocycles. The highest BCUT2D eigenvalue weighted by Crippen LogP contribution is 2.43. The molecule has 5 heteroatoms. The van der Waals surface area contributed by atoms with Crippen LogP contribution in [0, 0.1) is 12.7 Å². The van der Waals surface area contributed by atoms with Crippen molar-refractivity contribution in [2.24, 2.45) is 4.99 Å². The Morgan fingerprint density at radius 3 is 2.60 bits per heavy atom. The van der Waals surface area contributed by atoms with E-state index < -0.39 is 17.3 Å². The number of rotatable bonds is 3. The molecule has 4 nitrogen and oxygen atoms in total. The quantitative estimate of drug-likeness (QED) is 0.485. The summed E-state index contributed by atoms with van der Waals surface area (Å²) in [6, 6.07) is 2.75. The molecule has 0 spiro atoms. The summed E-state index contributed by atoms with van der Waals surface area (Å²) in [7, 11) is 1.28. The molecule has 106 valence electrons. The number of aryl methyl sites for hydroxylation is 1. The second-order valence-corrected chi connectivity index (χ2v) is 5.08. The number of carbonyl (C=O) groups is 1. The Labute approximate surface area is 116 Å². The van der Waals surface area contributed by atoms with Gasteiger partial charge in [-0.25, -0.2) is 14.0 Å². The van der Waals surface area contributed by atoms with Crippen molar-refractivity contribution in [3.8, 4) is 0 Å². The van der Waals surface area contributed by atoms with Gasteiger partial charge in [-0.3, -0.25) is 0 Å². The average molecular weight is 277 g/mol. The van der Waals surface area contributed by atoms with Crippen LogP contribution in [0.4, 0.5) is 4.39 Å². The maximum atomic E-state index is 14.3. The highest BCUT2D eigenvalue weighted by Gasteiger charge is 2.38. The second-order valence-electron chi connectivity index (χ2n) is 5.08. The number of esters is 1. The molecule has 0 aliphatic heterocycles. The number of carbonyl (C=O) groups excluding carboxylic acids is 2. The molecule has 0 aromatic heterocycles. The SMILES string of the molecule is COC(=O)c1cc(C2(N=C=O)CCCC2)c(F)cc1C. The van der Waals surface area contributed by atoms with Crippen molar-refractivity contribution < 1.29 is 18.7 Å². The van der Waals surface area contributed by atoms with Crippen LogP contribution in [0.5, 0.6) is 0 Å². The van der Waals surface area contributed by atoms with Gasteiger partial charge in [-0.05, 0) is 37.5 Å². The normalized spacial score (nSPS) is 16.6. The summed E-state index contributed by atoms with van der Waals surface area (Å²) in [5.41, 5.74) is 0.199. The molecule has 1 aliphatic carbocycles. The van der Waals surface area contributed by atoms with Crippen LogP contribution < -0.4 is 0 Å². The molecule has 0 atom stereocenters. The van der Waals surface area contributed by atoms with Gasteiger partial charge in [-0.1, -0.05) is 12.8 Å². The van der Waals surface area contributed by atoms with Crippen molar-refractivity contribution in [2.45, 2.75) is 38.1 Å². The Morgan fingerprint density at radius 2 is 2.05 bits per heavy atom. The number of ether oxygens (including phenoxy) is 1. The van der Waals surface area contributed by atoms with Crippen LogP contribution in [-0.4, -0.2) is 19.2 Å². The molecule has 1 aromatic rings. The third kappa shape index (κ3) is 2.37. The lowest BCUT2D eigenvalue weighted by Gasteiger charge is -2.24. The number of methoxy groups -OCH3 is 1. The molecule has 1 fully saturated rings. The summed E-state index contributed by atoms with van der Waals surface area (Å²) in [4.78, 5) is 26.3. The first-order valence-corrected chi connectivity index (χ1v) is 6.52. The summed E-state index contributed by atoms with van der Waals surface area (Å²) in [5, 5.41) is 0. The highest BCUT2D eigenvalue weighted by atomic mass is 19.1. The summed E-state index contributed by atoms with van der Waals surface area (Å²) in [6.45, 7) is 1.64. The fraction of sp³-hybridized carbons (Fsp3) is 0.467. The smallest absolute Gasteiger partial charge is 0.338 e. The number of hydrogen-bond donors (Lipinski definition) is 0. The topological polar surface area (TPSA) is 55.7 Å². The number of hydrogen-bond acceptors (Lipinski definition) is 4. The molecular formula is C15H16FNO3. The first kappa shape index (κ1) is 14.4. The van der Waals surface area contributed by atoms with E-state index in [0.29, 0.717) is 24.0 Å². The molecule has 0 bridgehead atoms. The first-order chi connectivity index (χ1) is 9.54. The molecule has 1 aliphatic rings. The Balaban J connectivity index is 2.61. The molecule has 0 unspecified atom stereocenters. The zero-order valence-corrected chi connectivity index (χ0v) is 11.5. The predicted molar refractivity (Wildman–Crippen MR) is 70.7 cm³/mol. The van der Waals surface area contributed by atoms with E-state index in [0.717, 1.165) is 12.8 Å². The van der Waals surface area contributed by atoms with E-state index in [-0.39, 0.29) is 5.56 Å². The Kier molecular flexibility index (Phi) is 4.00. The van der Waals surface area contributed by atoms with Crippen LogP contribution in [0.15, 0.2) is 17.1 Å². The fourth-order valence-corrected chi connectivity index (χ4v) is 2.85. The number of halogens is 1. The van der Waals surface area contributed by atoms with Gasteiger partial charge in [0.25, 0.3) is 0 Å². The highest BCUT2D eigenvalue weighted by molar-refractivity contribution is 5.91. The summed E-state index contributed by atoms with van der Waals surface area (Å²) < 4.78 is 19.0. The van der Waals surface area contributed by atoms with Gasteiger partial charge in [0, 0.05) is 5.56 Å². The molecule has 20 heavy (non-hydrogen) atoms. The summed E-state index contributed by atoms with van der Waals surface area (Å²) in [5.74, 6) is -0.969. The van der Waals surface area contributed by atoms with Gasteiger partial charge in [-0.15, -0.1) is 0 Å². The van der Waals surface area contributed by atoms with Crippen LogP contribution >= 0.6 is 0 Å². The third-order valence-corrected chi connectivity index (χ3v) is 3.91. The second kappa shape index (κ2) is 5.55. The van der Waals surface area contributed by atoms with Crippen molar-refractivity contribution in [1.29, 1.82) is 0 Å². The lowest BCUT2D eigenvalue weighted by Crippen LogP contribution is -2.22. The van der Waals surface area contributed by atoms with Crippen molar-refractivity contribution >= 4 is 12.0 Å². The average Bonchev–Trinajstić information content (AvgIpc) is 2.88. The van der Waals surface area contributed by atoms with Gasteiger partial charge in [0.2, 0.25) is 6.08 Å². The van der Waals surface area contributed by atoms with E-state index in [1.165, 1.54) is 19.2 Å². The van der Waals surface area contributed by atoms with Crippen LogP contribution in [0.2, 0.25) is 0 Å². The molecule has 0 radical (unpaired) electrons. The summed E-state index contributed by atoms with van der Waals surface area (Å²) >= 11 is 0. The van der Waals surface area contributed by atoms with Crippen molar-refractivity contribution in [2.75, 3.05) is 7.11 Å². The minimum Gasteiger partial charge on any atom is -0.465 e. The lowest BCUT2D eigenvalue weighted by atomic mass is 9.86. The molecular weight excluding hydrogens is 261 g/mol. The number of benzene rings is 1. The zero-order chi connectivity index (χ0) is 14.8. The van der Waals surface area contributed by atoms with Gasteiger partial charge in [0.1, 0.15) is 11.4 Å². The standard InChI is InChI=1S/C15H16FNO3/c1-10-7-13(16)12(8-11(10)14(19)20-2)15(17-9-18)5-3-4-6-15/h7-8H,3-6H2,1-2H3. The summed E-state index contributed by atoms with van der Waals surface area (Å²) in [6.07, 6.45) is 4.45. The zero-order valence-electron chi connectivity index (χ0n) is 11.5. The minimum atomic E-state index is -0.887. The van der Waals surface area contributed by atoms with Crippen LogP contribution in [0.3, 0.4) is 0 Å². The molecule has 1 aromatic carbocycles. The van der Waals surface area contributed by atoms with E-state index in [1.54, 1.807) is 13.0 Å². The Hall–Kier alpha value is -2.00. The third-order valence-electron chi connectivity index (χ3n) is 3.91. The molecule has 2 rings (SSSR count). The number of isocyanates is 1. The van der Waals surface area contributed by atoms with Gasteiger partial charge in [0.05, 0.1) is 12.7 Å². The van der Waals surface area contributed by atoms with E-state index >= 15 is 0 Å². The van der Waals surface area contributed by atoms with Gasteiger partial charge >= 0.3 is 5.97 Å². The Morgan fingerprint density at radius 1 is 1.40 bits per heavy atom. The number of nitrogens with zero attached hydrogens (tertiary/aromatic N) is 1. The molecule has 0 amide bonds. The van der Waals surface area contributed by atoms with Crippen LogP contribution in [0.1, 0.15) is 47.2 Å². The van der Waals surface area contributed by atoms with E-state index in [2.05, 4.69) is 4.99 Å². The van der Waals surface area contributed by atoms with Gasteiger partial charge < -0.3 is 4.74 Å². The van der Waals surface area contributed by atoms with Crippen molar-refractivity contribution in [1.82, 2.24) is 0 Å². The molecule has 1 saturated carbocycles. The predicted octanol–water partition coefficient (Wildman–Crippen LogP) is 3.03. The fourth-order valence-electron chi connectivity index (χ4n) is 2.85. The van der Waals surface area contributed by atoms with E-state index in [1.807, 2.05) is 0 Å². The number of aliphatic imine (C=N–C) groups is 1. The van der Waals surface area contributed by atoms with Gasteiger partial charge in [-0.2, -0.15) is 4.99 Å². The van der Waals surface area contributed by atoms with E-state index in [9.17, 15) is 14.0 Å². The van der Waals surface area contributed by atoms with E-state index in [4.69, 9.17) is 4.74 Å². The van der Waals surface area contributed by atoms with Gasteiger partial charge in [0.15, 0.2) is 0 Å². The van der Waals surface area contributed by atoms with Crippen LogP contribution in [-0.2, 0) is 15.1 Å². The monoisotopic (exact) mass is 277 g/mol.